The van der Waals surface area contributed by atoms with Crippen LogP contribution in [-0.4, -0.2) is 14.6 Å². The average Bonchev–Trinajstić information content (AvgIpc) is 2.03. The van der Waals surface area contributed by atoms with Gasteiger partial charge in [0.05, 0.1) is 8.65 Å². The summed E-state index contributed by atoms with van der Waals surface area (Å²) in [7, 11) is 4.15. The summed E-state index contributed by atoms with van der Waals surface area (Å²) in [5.74, 6) is 0. The number of hydrogen-bond acceptors (Lipinski definition) is 0. The number of rotatable bonds is 3. The first-order valence-electron chi connectivity index (χ1n) is 4.42. The summed E-state index contributed by atoms with van der Waals surface area (Å²) in [4.78, 5) is 0. The molecule has 54 valence electrons. The third-order valence-corrected chi connectivity index (χ3v) is 1.57. The second-order valence-electron chi connectivity index (χ2n) is 2.67. The van der Waals surface area contributed by atoms with Crippen molar-refractivity contribution < 1.29 is 1.37 Å². The Morgan fingerprint density at radius 1 is 1.45 bits per heavy atom. The minimum atomic E-state index is 0.622. The number of hydrogen-bond donors (Lipinski definition) is 0. The predicted molar refractivity (Wildman–Crippen MR) is 53.0 cm³/mol. The molecule has 0 aliphatic carbocycles. The van der Waals surface area contributed by atoms with Crippen LogP contribution in [0, 0.1) is 6.92 Å². The zero-order chi connectivity index (χ0) is 8.97. The fourth-order valence-electron chi connectivity index (χ4n) is 0.886. The van der Waals surface area contributed by atoms with Crippen LogP contribution < -0.4 is 5.46 Å². The molecular formula is C9H12B2. The largest absolute Gasteiger partial charge is 0.143 e. The molecule has 2 radical (unpaired) electrons. The van der Waals surface area contributed by atoms with Crippen molar-refractivity contribution in [2.24, 2.45) is 0 Å². The summed E-state index contributed by atoms with van der Waals surface area (Å²) in [6.45, 7) is 4.03. The second kappa shape index (κ2) is 4.27. The van der Waals surface area contributed by atoms with Crippen molar-refractivity contribution in [3.05, 3.63) is 29.8 Å². The first-order valence-corrected chi connectivity index (χ1v) is 3.92. The lowest BCUT2D eigenvalue weighted by atomic mass is 9.53. The fourth-order valence-corrected chi connectivity index (χ4v) is 0.886. The third kappa shape index (κ3) is 2.83. The molecule has 2 heteroatoms. The molecule has 0 spiro atoms. The van der Waals surface area contributed by atoms with Crippen molar-refractivity contribution in [1.29, 1.82) is 0 Å². The molecule has 1 aromatic carbocycles. The van der Waals surface area contributed by atoms with Gasteiger partial charge in [0.2, 0.25) is 0 Å². The van der Waals surface area contributed by atoms with Gasteiger partial charge in [0, 0.05) is 0 Å². The van der Waals surface area contributed by atoms with Gasteiger partial charge in [0.15, 0.2) is 0 Å². The van der Waals surface area contributed by atoms with Crippen molar-refractivity contribution in [2.45, 2.75) is 20.0 Å². The first-order chi connectivity index (χ1) is 5.74. The van der Waals surface area contributed by atoms with Crippen molar-refractivity contribution in [3.8, 4) is 0 Å². The fraction of sp³-hybridized carbons (Fsp3) is 0.333. The topological polar surface area (TPSA) is 0 Å². The van der Waals surface area contributed by atoms with E-state index >= 15 is 0 Å². The molecule has 1 rings (SSSR count). The standard InChI is InChI=1S/C9H12B2/c1-8-3-5-9(6-4-8)11-7-10-2/h3-6H,7H2,1-2H3/i5D. The van der Waals surface area contributed by atoms with Gasteiger partial charge in [-0.05, 0) is 6.92 Å². The van der Waals surface area contributed by atoms with Crippen molar-refractivity contribution >= 4 is 20.0 Å². The summed E-state index contributed by atoms with van der Waals surface area (Å²) in [6, 6.07) is 6.55. The van der Waals surface area contributed by atoms with E-state index in [-0.39, 0.29) is 0 Å². The van der Waals surface area contributed by atoms with Crippen LogP contribution in [0.15, 0.2) is 24.2 Å². The Morgan fingerprint density at radius 2 is 2.27 bits per heavy atom. The average molecular weight is 143 g/mol. The summed E-state index contributed by atoms with van der Waals surface area (Å²) >= 11 is 0. The maximum absolute atomic E-state index is 7.64. The Hall–Kier alpha value is -0.650. The van der Waals surface area contributed by atoms with Gasteiger partial charge in [-0.1, -0.05) is 42.1 Å². The highest BCUT2D eigenvalue weighted by Crippen LogP contribution is 1.92. The van der Waals surface area contributed by atoms with Gasteiger partial charge >= 0.3 is 0 Å². The Labute approximate surface area is 71.9 Å². The van der Waals surface area contributed by atoms with Gasteiger partial charge in [0.1, 0.15) is 7.28 Å². The van der Waals surface area contributed by atoms with Gasteiger partial charge in [-0.2, -0.15) is 0 Å². The van der Waals surface area contributed by atoms with E-state index < -0.39 is 0 Å². The molecule has 1 aromatic rings. The number of benzene rings is 1. The van der Waals surface area contributed by atoms with Crippen LogP contribution in [0.5, 0.6) is 0 Å². The van der Waals surface area contributed by atoms with Crippen molar-refractivity contribution in [1.82, 2.24) is 0 Å². The van der Waals surface area contributed by atoms with Crippen LogP contribution in [-0.2, 0) is 0 Å². The second-order valence-corrected chi connectivity index (χ2v) is 2.67. The van der Waals surface area contributed by atoms with Gasteiger partial charge in [0.25, 0.3) is 0 Å². The molecule has 0 saturated carbocycles. The monoisotopic (exact) mass is 143 g/mol. The molecular weight excluding hydrogens is 130 g/mol. The lowest BCUT2D eigenvalue weighted by Crippen LogP contribution is -2.14. The molecule has 0 fully saturated rings. The molecule has 0 aromatic heterocycles. The van der Waals surface area contributed by atoms with Gasteiger partial charge in [-0.25, -0.2) is 0 Å². The molecule has 11 heavy (non-hydrogen) atoms. The zero-order valence-electron chi connectivity index (χ0n) is 8.09. The minimum Gasteiger partial charge on any atom is -0.102 e. The van der Waals surface area contributed by atoms with Gasteiger partial charge in [-0.3, -0.25) is 0 Å². The van der Waals surface area contributed by atoms with Crippen LogP contribution >= 0.6 is 0 Å². The van der Waals surface area contributed by atoms with E-state index in [0.717, 1.165) is 17.2 Å². The smallest absolute Gasteiger partial charge is 0.102 e. The normalized spacial score (nSPS) is 10.5. The molecule has 0 N–H and O–H groups in total. The lowest BCUT2D eigenvalue weighted by Gasteiger charge is -1.97. The lowest BCUT2D eigenvalue weighted by molar-refractivity contribution is 1.49. The summed E-state index contributed by atoms with van der Waals surface area (Å²) in [6.07, 6.45) is 0.939. The van der Waals surface area contributed by atoms with Crippen LogP contribution in [0.2, 0.25) is 13.0 Å². The van der Waals surface area contributed by atoms with Crippen LogP contribution in [0.1, 0.15) is 6.93 Å². The molecule has 0 amide bonds. The molecule has 0 aliphatic rings. The Bertz CT molecular complexity index is 261. The van der Waals surface area contributed by atoms with E-state index in [1.807, 2.05) is 31.9 Å². The summed E-state index contributed by atoms with van der Waals surface area (Å²) in [5.41, 5.74) is 2.18. The van der Waals surface area contributed by atoms with Gasteiger partial charge < -0.3 is 0 Å². The van der Waals surface area contributed by atoms with Crippen LogP contribution in [0.3, 0.4) is 0 Å². The molecule has 0 bridgehead atoms. The maximum atomic E-state index is 7.64. The highest BCUT2D eigenvalue weighted by atomic mass is 13.8. The van der Waals surface area contributed by atoms with E-state index in [0.29, 0.717) is 6.04 Å². The summed E-state index contributed by atoms with van der Waals surface area (Å²) in [5, 5.41) is 0. The molecule has 0 nitrogen and oxygen atoms in total. The maximum Gasteiger partial charge on any atom is 0.143 e. The minimum absolute atomic E-state index is 0.622. The molecule has 0 saturated heterocycles. The Kier molecular flexibility index (Phi) is 2.73. The van der Waals surface area contributed by atoms with Crippen molar-refractivity contribution in [3.63, 3.8) is 0 Å². The van der Waals surface area contributed by atoms with E-state index in [1.54, 1.807) is 0 Å². The van der Waals surface area contributed by atoms with Crippen LogP contribution in [0.4, 0.5) is 0 Å². The first kappa shape index (κ1) is 7.02. The zero-order valence-corrected chi connectivity index (χ0v) is 7.09. The Balaban J connectivity index is 2.72. The van der Waals surface area contributed by atoms with E-state index in [1.165, 1.54) is 0 Å². The number of aryl methyl sites for hydroxylation is 1. The molecule has 0 aliphatic heterocycles. The SMILES string of the molecule is [2H]c1cc(C)ccc1[B]C[B]C. The third-order valence-electron chi connectivity index (χ3n) is 1.57. The quantitative estimate of drug-likeness (QED) is 0.561. The summed E-state index contributed by atoms with van der Waals surface area (Å²) < 4.78 is 7.64. The van der Waals surface area contributed by atoms with Gasteiger partial charge in [-0.15, -0.1) is 6.22 Å². The Morgan fingerprint density at radius 3 is 2.91 bits per heavy atom. The molecule has 0 atom stereocenters. The van der Waals surface area contributed by atoms with Crippen LogP contribution in [0.25, 0.3) is 0 Å². The molecule has 0 unspecified atom stereocenters. The van der Waals surface area contributed by atoms with E-state index in [9.17, 15) is 0 Å². The van der Waals surface area contributed by atoms with E-state index in [4.69, 9.17) is 1.37 Å². The predicted octanol–water partition coefficient (Wildman–Crippen LogP) is 1.45. The molecule has 0 heterocycles. The van der Waals surface area contributed by atoms with E-state index in [2.05, 4.69) is 14.6 Å². The highest BCUT2D eigenvalue weighted by molar-refractivity contribution is 6.64. The van der Waals surface area contributed by atoms with Crippen molar-refractivity contribution in [2.75, 3.05) is 0 Å². The highest BCUT2D eigenvalue weighted by Gasteiger charge is 1.92.